The second-order valence-electron chi connectivity index (χ2n) is 3.98. The van der Waals surface area contributed by atoms with Crippen LogP contribution in [0.15, 0.2) is 0 Å². The van der Waals surface area contributed by atoms with Gasteiger partial charge in [-0.15, -0.1) is 0 Å². The maximum atomic E-state index is 5.55. The first kappa shape index (κ1) is 13.9. The summed E-state index contributed by atoms with van der Waals surface area (Å²) in [6.07, 6.45) is 0.863. The molecule has 0 aliphatic carbocycles. The highest BCUT2D eigenvalue weighted by molar-refractivity contribution is 5.45. The van der Waals surface area contributed by atoms with Crippen molar-refractivity contribution in [2.75, 3.05) is 18.5 Å². The smallest absolute Gasteiger partial charge is 0.159 e. The van der Waals surface area contributed by atoms with Crippen LogP contribution in [0.2, 0.25) is 0 Å². The predicted octanol–water partition coefficient (Wildman–Crippen LogP) is 2.88. The molecule has 0 fully saturated rings. The molecule has 1 aromatic heterocycles. The van der Waals surface area contributed by atoms with E-state index in [0.717, 1.165) is 35.9 Å². The van der Waals surface area contributed by atoms with Crippen LogP contribution in [-0.4, -0.2) is 23.1 Å². The zero-order chi connectivity index (χ0) is 12.8. The zero-order valence-corrected chi connectivity index (χ0v) is 11.5. The molecular weight excluding hydrogens is 214 g/mol. The molecule has 0 spiro atoms. The predicted molar refractivity (Wildman–Crippen MR) is 70.4 cm³/mol. The van der Waals surface area contributed by atoms with E-state index in [1.807, 2.05) is 13.8 Å². The summed E-state index contributed by atoms with van der Waals surface area (Å²) in [5.41, 5.74) is 2.24. The molecule has 4 heteroatoms. The van der Waals surface area contributed by atoms with Crippen molar-refractivity contribution < 1.29 is 4.74 Å². The fourth-order valence-corrected chi connectivity index (χ4v) is 1.77. The van der Waals surface area contributed by atoms with Crippen LogP contribution >= 0.6 is 0 Å². The van der Waals surface area contributed by atoms with Gasteiger partial charge in [-0.25, -0.2) is 9.97 Å². The van der Waals surface area contributed by atoms with Gasteiger partial charge in [-0.2, -0.15) is 0 Å². The Bertz CT molecular complexity index is 366. The molecule has 0 amide bonds. The second-order valence-corrected chi connectivity index (χ2v) is 3.98. The summed E-state index contributed by atoms with van der Waals surface area (Å²) in [7, 11) is 0. The first-order valence-electron chi connectivity index (χ1n) is 6.36. The van der Waals surface area contributed by atoms with E-state index in [2.05, 4.69) is 36.1 Å². The molecule has 1 rings (SSSR count). The van der Waals surface area contributed by atoms with Gasteiger partial charge in [0, 0.05) is 24.4 Å². The molecule has 1 heterocycles. The van der Waals surface area contributed by atoms with E-state index in [1.165, 1.54) is 0 Å². The monoisotopic (exact) mass is 237 g/mol. The molecule has 0 aliphatic heterocycles. The Balaban J connectivity index is 3.10. The van der Waals surface area contributed by atoms with Crippen molar-refractivity contribution in [3.05, 3.63) is 17.1 Å². The van der Waals surface area contributed by atoms with Gasteiger partial charge < -0.3 is 10.1 Å². The lowest BCUT2D eigenvalue weighted by atomic mass is 10.2. The van der Waals surface area contributed by atoms with Gasteiger partial charge in [0.2, 0.25) is 0 Å². The number of aromatic nitrogens is 2. The highest BCUT2D eigenvalue weighted by Gasteiger charge is 2.14. The van der Waals surface area contributed by atoms with E-state index in [0.29, 0.717) is 6.61 Å². The molecule has 1 atom stereocenters. The largest absolute Gasteiger partial charge is 0.371 e. The molecular formula is C13H23N3O. The summed E-state index contributed by atoms with van der Waals surface area (Å²) >= 11 is 0. The van der Waals surface area contributed by atoms with Crippen molar-refractivity contribution in [3.63, 3.8) is 0 Å². The molecule has 96 valence electrons. The molecule has 0 radical (unpaired) electrons. The van der Waals surface area contributed by atoms with Gasteiger partial charge in [0.15, 0.2) is 5.82 Å². The Hall–Kier alpha value is -1.16. The van der Waals surface area contributed by atoms with Gasteiger partial charge >= 0.3 is 0 Å². The number of nitrogens with one attached hydrogen (secondary N) is 1. The molecule has 0 saturated heterocycles. The van der Waals surface area contributed by atoms with Crippen LogP contribution in [0.3, 0.4) is 0 Å². The van der Waals surface area contributed by atoms with E-state index >= 15 is 0 Å². The van der Waals surface area contributed by atoms with Crippen molar-refractivity contribution in [1.82, 2.24) is 9.97 Å². The lowest BCUT2D eigenvalue weighted by Crippen LogP contribution is -2.12. The van der Waals surface area contributed by atoms with Gasteiger partial charge in [-0.1, -0.05) is 6.92 Å². The second kappa shape index (κ2) is 6.55. The van der Waals surface area contributed by atoms with Crippen molar-refractivity contribution in [3.8, 4) is 0 Å². The molecule has 0 bridgehead atoms. The van der Waals surface area contributed by atoms with Gasteiger partial charge in [0.05, 0.1) is 0 Å². The summed E-state index contributed by atoms with van der Waals surface area (Å²) < 4.78 is 5.55. The number of rotatable bonds is 6. The maximum absolute atomic E-state index is 5.55. The average Bonchev–Trinajstić information content (AvgIpc) is 2.32. The summed E-state index contributed by atoms with van der Waals surface area (Å²) in [5, 5.41) is 3.28. The quantitative estimate of drug-likeness (QED) is 0.826. The van der Waals surface area contributed by atoms with Crippen molar-refractivity contribution in [1.29, 1.82) is 0 Å². The summed E-state index contributed by atoms with van der Waals surface area (Å²) in [6.45, 7) is 11.8. The van der Waals surface area contributed by atoms with E-state index < -0.39 is 0 Å². The van der Waals surface area contributed by atoms with Crippen molar-refractivity contribution in [2.45, 2.75) is 47.1 Å². The molecule has 0 aromatic carbocycles. The first-order chi connectivity index (χ1) is 8.13. The normalized spacial score (nSPS) is 12.5. The molecule has 0 saturated carbocycles. The topological polar surface area (TPSA) is 47.0 Å². The fourth-order valence-electron chi connectivity index (χ4n) is 1.77. The molecule has 0 aliphatic rings. The highest BCUT2D eigenvalue weighted by Crippen LogP contribution is 2.20. The van der Waals surface area contributed by atoms with Crippen molar-refractivity contribution >= 4 is 5.82 Å². The van der Waals surface area contributed by atoms with E-state index in [4.69, 9.17) is 4.74 Å². The van der Waals surface area contributed by atoms with Gasteiger partial charge in [0.1, 0.15) is 11.9 Å². The summed E-state index contributed by atoms with van der Waals surface area (Å²) in [5.74, 6) is 1.70. The molecule has 4 nitrogen and oxygen atoms in total. The van der Waals surface area contributed by atoms with Crippen LogP contribution in [0.1, 0.15) is 50.9 Å². The highest BCUT2D eigenvalue weighted by atomic mass is 16.5. The van der Waals surface area contributed by atoms with E-state index in [1.54, 1.807) is 0 Å². The number of aryl methyl sites for hydroxylation is 1. The third kappa shape index (κ3) is 3.40. The lowest BCUT2D eigenvalue weighted by molar-refractivity contribution is 0.0700. The maximum Gasteiger partial charge on any atom is 0.159 e. The molecule has 1 unspecified atom stereocenters. The van der Waals surface area contributed by atoms with Gasteiger partial charge in [-0.05, 0) is 34.1 Å². The number of hydrogen-bond acceptors (Lipinski definition) is 4. The Morgan fingerprint density at radius 1 is 1.24 bits per heavy atom. The Morgan fingerprint density at radius 2 is 1.94 bits per heavy atom. The van der Waals surface area contributed by atoms with Crippen LogP contribution < -0.4 is 5.32 Å². The fraction of sp³-hybridized carbons (Fsp3) is 0.692. The molecule has 17 heavy (non-hydrogen) atoms. The van der Waals surface area contributed by atoms with Crippen LogP contribution in [0, 0.1) is 6.92 Å². The molecule has 1 aromatic rings. The summed E-state index contributed by atoms with van der Waals surface area (Å²) in [6, 6.07) is 0. The zero-order valence-electron chi connectivity index (χ0n) is 11.5. The first-order valence-corrected chi connectivity index (χ1v) is 6.36. The number of ether oxygens (including phenoxy) is 1. The van der Waals surface area contributed by atoms with Crippen LogP contribution in [0.25, 0.3) is 0 Å². The van der Waals surface area contributed by atoms with Crippen LogP contribution in [0.4, 0.5) is 5.82 Å². The lowest BCUT2D eigenvalue weighted by Gasteiger charge is -2.16. The number of anilines is 1. The Labute approximate surface area is 104 Å². The molecule has 1 N–H and O–H groups in total. The Kier molecular flexibility index (Phi) is 5.35. The van der Waals surface area contributed by atoms with Crippen LogP contribution in [-0.2, 0) is 11.2 Å². The van der Waals surface area contributed by atoms with Crippen LogP contribution in [0.5, 0.6) is 0 Å². The van der Waals surface area contributed by atoms with E-state index in [-0.39, 0.29) is 6.10 Å². The van der Waals surface area contributed by atoms with E-state index in [9.17, 15) is 0 Å². The van der Waals surface area contributed by atoms with Gasteiger partial charge in [0.25, 0.3) is 0 Å². The minimum Gasteiger partial charge on any atom is -0.371 e. The third-order valence-electron chi connectivity index (χ3n) is 2.72. The third-order valence-corrected chi connectivity index (χ3v) is 2.72. The van der Waals surface area contributed by atoms with Gasteiger partial charge in [-0.3, -0.25) is 0 Å². The number of hydrogen-bond donors (Lipinski definition) is 1. The average molecular weight is 237 g/mol. The standard InChI is InChI=1S/C13H23N3O/c1-6-11-9(4)12(14-7-2)16-13(15-11)10(5)17-8-3/h10H,6-8H2,1-5H3,(H,14,15,16). The summed E-state index contributed by atoms with van der Waals surface area (Å²) in [4.78, 5) is 9.12. The number of nitrogens with zero attached hydrogens (tertiary/aromatic N) is 2. The Morgan fingerprint density at radius 3 is 2.47 bits per heavy atom. The SMILES string of the molecule is CCNc1nc(C(C)OCC)nc(CC)c1C. The minimum absolute atomic E-state index is 0.0525. The minimum atomic E-state index is -0.0525. The van der Waals surface area contributed by atoms with Crippen molar-refractivity contribution in [2.24, 2.45) is 0 Å².